The Labute approximate surface area is 112 Å². The third-order valence-corrected chi connectivity index (χ3v) is 4.04. The van der Waals surface area contributed by atoms with Crippen LogP contribution in [0.5, 0.6) is 5.75 Å². The third-order valence-electron chi connectivity index (χ3n) is 2.91. The van der Waals surface area contributed by atoms with Gasteiger partial charge in [0.2, 0.25) is 0 Å². The molecule has 0 saturated carbocycles. The van der Waals surface area contributed by atoms with Crippen LogP contribution in [0.15, 0.2) is 29.6 Å². The minimum atomic E-state index is 0.303. The largest absolute Gasteiger partial charge is 0.497 e. The Bertz CT molecular complexity index is 493. The molecule has 4 heteroatoms. The average Bonchev–Trinajstić information content (AvgIpc) is 2.83. The summed E-state index contributed by atoms with van der Waals surface area (Å²) in [5.74, 6) is 1.19. The highest BCUT2D eigenvalue weighted by Gasteiger charge is 2.14. The van der Waals surface area contributed by atoms with E-state index in [1.807, 2.05) is 19.1 Å². The quantitative estimate of drug-likeness (QED) is 0.901. The van der Waals surface area contributed by atoms with Crippen molar-refractivity contribution in [2.24, 2.45) is 5.73 Å². The zero-order valence-corrected chi connectivity index (χ0v) is 11.5. The van der Waals surface area contributed by atoms with Gasteiger partial charge in [0.05, 0.1) is 12.1 Å². The molecule has 0 bridgehead atoms. The van der Waals surface area contributed by atoms with E-state index >= 15 is 0 Å². The Morgan fingerprint density at radius 2 is 2.06 bits per heavy atom. The van der Waals surface area contributed by atoms with Gasteiger partial charge in [0.1, 0.15) is 5.75 Å². The highest BCUT2D eigenvalue weighted by molar-refractivity contribution is 7.09. The van der Waals surface area contributed by atoms with Crippen molar-refractivity contribution in [2.75, 3.05) is 13.7 Å². The molecule has 0 spiro atoms. The topological polar surface area (TPSA) is 48.1 Å². The van der Waals surface area contributed by atoms with E-state index < -0.39 is 0 Å². The number of rotatable bonds is 5. The SMILES string of the molecule is COc1ccc(CC(CN)c2nc(C)cs2)cc1. The molecule has 0 aliphatic rings. The second-order valence-electron chi connectivity index (χ2n) is 4.31. The van der Waals surface area contributed by atoms with Crippen molar-refractivity contribution in [3.05, 3.63) is 45.9 Å². The molecule has 2 N–H and O–H groups in total. The number of methoxy groups -OCH3 is 1. The van der Waals surface area contributed by atoms with Crippen molar-refractivity contribution in [2.45, 2.75) is 19.3 Å². The molecule has 0 aliphatic heterocycles. The van der Waals surface area contributed by atoms with Crippen molar-refractivity contribution in [3.63, 3.8) is 0 Å². The summed E-state index contributed by atoms with van der Waals surface area (Å²) >= 11 is 1.69. The average molecular weight is 262 g/mol. The van der Waals surface area contributed by atoms with Gasteiger partial charge in [-0.05, 0) is 31.0 Å². The van der Waals surface area contributed by atoms with Crippen molar-refractivity contribution in [1.82, 2.24) is 4.98 Å². The maximum absolute atomic E-state index is 5.86. The summed E-state index contributed by atoms with van der Waals surface area (Å²) in [6.45, 7) is 2.64. The van der Waals surface area contributed by atoms with E-state index in [0.717, 1.165) is 22.9 Å². The minimum absolute atomic E-state index is 0.303. The molecule has 0 aliphatic carbocycles. The van der Waals surface area contributed by atoms with Crippen LogP contribution < -0.4 is 10.5 Å². The van der Waals surface area contributed by atoms with Gasteiger partial charge in [0.15, 0.2) is 0 Å². The highest BCUT2D eigenvalue weighted by atomic mass is 32.1. The van der Waals surface area contributed by atoms with Crippen LogP contribution in [-0.4, -0.2) is 18.6 Å². The summed E-state index contributed by atoms with van der Waals surface area (Å²) in [6, 6.07) is 8.13. The highest BCUT2D eigenvalue weighted by Crippen LogP contribution is 2.24. The van der Waals surface area contributed by atoms with Gasteiger partial charge in [0.25, 0.3) is 0 Å². The summed E-state index contributed by atoms with van der Waals surface area (Å²) in [7, 11) is 1.68. The number of hydrogen-bond acceptors (Lipinski definition) is 4. The van der Waals surface area contributed by atoms with Crippen molar-refractivity contribution >= 4 is 11.3 Å². The Morgan fingerprint density at radius 1 is 1.33 bits per heavy atom. The van der Waals surface area contributed by atoms with Crippen LogP contribution >= 0.6 is 11.3 Å². The first kappa shape index (κ1) is 13.1. The number of ether oxygens (including phenoxy) is 1. The molecule has 0 radical (unpaired) electrons. The van der Waals surface area contributed by atoms with Crippen LogP contribution in [-0.2, 0) is 6.42 Å². The van der Waals surface area contributed by atoms with Crippen LogP contribution in [0, 0.1) is 6.92 Å². The molecule has 1 unspecified atom stereocenters. The summed E-state index contributed by atoms with van der Waals surface area (Å²) in [4.78, 5) is 4.53. The predicted octanol–water partition coefficient (Wildman–Crippen LogP) is 2.75. The standard InChI is InChI=1S/C14H18N2OS/c1-10-9-18-14(16-10)12(8-15)7-11-3-5-13(17-2)6-4-11/h3-6,9,12H,7-8,15H2,1-2H3. The van der Waals surface area contributed by atoms with Crippen LogP contribution in [0.1, 0.15) is 22.2 Å². The van der Waals surface area contributed by atoms with Crippen LogP contribution in [0.3, 0.4) is 0 Å². The molecule has 1 aromatic carbocycles. The molecule has 1 heterocycles. The van der Waals surface area contributed by atoms with Gasteiger partial charge in [-0.3, -0.25) is 0 Å². The molecule has 1 atom stereocenters. The number of hydrogen-bond donors (Lipinski definition) is 1. The Kier molecular flexibility index (Phi) is 4.33. The van der Waals surface area contributed by atoms with E-state index in [9.17, 15) is 0 Å². The lowest BCUT2D eigenvalue weighted by Gasteiger charge is -2.12. The smallest absolute Gasteiger partial charge is 0.118 e. The lowest BCUT2D eigenvalue weighted by atomic mass is 10.00. The van der Waals surface area contributed by atoms with Gasteiger partial charge in [-0.25, -0.2) is 4.98 Å². The van der Waals surface area contributed by atoms with Gasteiger partial charge < -0.3 is 10.5 Å². The molecule has 1 aromatic heterocycles. The van der Waals surface area contributed by atoms with E-state index in [0.29, 0.717) is 12.5 Å². The third kappa shape index (κ3) is 3.09. The normalized spacial score (nSPS) is 12.4. The van der Waals surface area contributed by atoms with Crippen LogP contribution in [0.25, 0.3) is 0 Å². The molecule has 0 saturated heterocycles. The fraction of sp³-hybridized carbons (Fsp3) is 0.357. The Balaban J connectivity index is 2.10. The number of aromatic nitrogens is 1. The monoisotopic (exact) mass is 262 g/mol. The fourth-order valence-electron chi connectivity index (χ4n) is 1.88. The predicted molar refractivity (Wildman–Crippen MR) is 75.3 cm³/mol. The second kappa shape index (κ2) is 5.98. The van der Waals surface area contributed by atoms with Gasteiger partial charge in [0, 0.05) is 23.5 Å². The Morgan fingerprint density at radius 3 is 2.56 bits per heavy atom. The fourth-order valence-corrected chi connectivity index (χ4v) is 2.79. The van der Waals surface area contributed by atoms with Crippen LogP contribution in [0.2, 0.25) is 0 Å². The molecule has 18 heavy (non-hydrogen) atoms. The van der Waals surface area contributed by atoms with Crippen molar-refractivity contribution in [1.29, 1.82) is 0 Å². The zero-order valence-electron chi connectivity index (χ0n) is 10.7. The summed E-state index contributed by atoms with van der Waals surface area (Å²) in [5, 5.41) is 3.21. The summed E-state index contributed by atoms with van der Waals surface area (Å²) < 4.78 is 5.15. The summed E-state index contributed by atoms with van der Waals surface area (Å²) in [6.07, 6.45) is 0.924. The number of nitrogens with zero attached hydrogens (tertiary/aromatic N) is 1. The lowest BCUT2D eigenvalue weighted by Crippen LogP contribution is -2.14. The number of thiazole rings is 1. The Hall–Kier alpha value is -1.39. The second-order valence-corrected chi connectivity index (χ2v) is 5.20. The van der Waals surface area contributed by atoms with Crippen LogP contribution in [0.4, 0.5) is 0 Å². The lowest BCUT2D eigenvalue weighted by molar-refractivity contribution is 0.414. The molecule has 0 amide bonds. The molecule has 3 nitrogen and oxygen atoms in total. The van der Waals surface area contributed by atoms with Gasteiger partial charge >= 0.3 is 0 Å². The number of benzene rings is 1. The van der Waals surface area contributed by atoms with Gasteiger partial charge in [-0.15, -0.1) is 11.3 Å². The maximum atomic E-state index is 5.86. The minimum Gasteiger partial charge on any atom is -0.497 e. The molecule has 2 rings (SSSR count). The zero-order chi connectivity index (χ0) is 13.0. The first-order chi connectivity index (χ1) is 8.72. The number of aryl methyl sites for hydroxylation is 1. The van der Waals surface area contributed by atoms with E-state index in [1.54, 1.807) is 18.4 Å². The molecule has 2 aromatic rings. The van der Waals surface area contributed by atoms with E-state index in [-0.39, 0.29) is 0 Å². The van der Waals surface area contributed by atoms with E-state index in [2.05, 4.69) is 22.5 Å². The first-order valence-corrected chi connectivity index (χ1v) is 6.86. The molecular weight excluding hydrogens is 244 g/mol. The molecule has 96 valence electrons. The van der Waals surface area contributed by atoms with Gasteiger partial charge in [-0.2, -0.15) is 0 Å². The molecular formula is C14H18N2OS. The first-order valence-electron chi connectivity index (χ1n) is 5.98. The van der Waals surface area contributed by atoms with Crippen molar-refractivity contribution in [3.8, 4) is 5.75 Å². The van der Waals surface area contributed by atoms with E-state index in [4.69, 9.17) is 10.5 Å². The van der Waals surface area contributed by atoms with Crippen molar-refractivity contribution < 1.29 is 4.74 Å². The number of nitrogens with two attached hydrogens (primary N) is 1. The van der Waals surface area contributed by atoms with Gasteiger partial charge in [-0.1, -0.05) is 12.1 Å². The maximum Gasteiger partial charge on any atom is 0.118 e. The molecule has 0 fully saturated rings. The van der Waals surface area contributed by atoms with E-state index in [1.165, 1.54) is 5.56 Å². The summed E-state index contributed by atoms with van der Waals surface area (Å²) in [5.41, 5.74) is 8.20.